The van der Waals surface area contributed by atoms with E-state index in [2.05, 4.69) is 31.9 Å². The Hall–Kier alpha value is -3.27. The van der Waals surface area contributed by atoms with E-state index in [1.54, 1.807) is 35.0 Å². The summed E-state index contributed by atoms with van der Waals surface area (Å²) in [5.41, 5.74) is 5.00. The van der Waals surface area contributed by atoms with E-state index >= 15 is 0 Å². The number of hydrogen-bond donors (Lipinski definition) is 1. The van der Waals surface area contributed by atoms with Crippen LogP contribution in [0.5, 0.6) is 0 Å². The molecule has 0 aliphatic heterocycles. The second-order valence-corrected chi connectivity index (χ2v) is 3.96. The minimum atomic E-state index is 0.585. The van der Waals surface area contributed by atoms with Crippen LogP contribution in [-0.2, 0) is 0 Å². The number of nitrogens with one attached hydrogen (secondary N) is 1. The molecule has 96 valence electrons. The van der Waals surface area contributed by atoms with Crippen molar-refractivity contribution in [2.75, 3.05) is 5.43 Å². The maximum Gasteiger partial charge on any atom is 0.177 e. The summed E-state index contributed by atoms with van der Waals surface area (Å²) in [6, 6.07) is 12.7. The van der Waals surface area contributed by atoms with Gasteiger partial charge in [-0.1, -0.05) is 12.1 Å². The molecule has 20 heavy (non-hydrogen) atoms. The van der Waals surface area contributed by atoms with Gasteiger partial charge in [-0.05, 0) is 29.8 Å². The van der Waals surface area contributed by atoms with Crippen LogP contribution in [0.25, 0.3) is 5.65 Å². The van der Waals surface area contributed by atoms with Crippen molar-refractivity contribution < 1.29 is 0 Å². The van der Waals surface area contributed by atoms with Gasteiger partial charge < -0.3 is 0 Å². The Morgan fingerprint density at radius 3 is 2.85 bits per heavy atom. The van der Waals surface area contributed by atoms with Crippen LogP contribution in [0.2, 0.25) is 0 Å². The molecule has 7 nitrogen and oxygen atoms in total. The van der Waals surface area contributed by atoms with Gasteiger partial charge in [-0.2, -0.15) is 14.9 Å². The molecule has 0 aliphatic rings. The molecular weight excluding hydrogens is 254 g/mol. The highest BCUT2D eigenvalue weighted by Crippen LogP contribution is 2.04. The first-order valence-electron chi connectivity index (χ1n) is 5.81. The third-order valence-corrected chi connectivity index (χ3v) is 2.59. The van der Waals surface area contributed by atoms with Crippen LogP contribution in [-0.4, -0.2) is 26.0 Å². The zero-order valence-electron chi connectivity index (χ0n) is 10.3. The van der Waals surface area contributed by atoms with Crippen LogP contribution in [0.3, 0.4) is 0 Å². The number of nitrogens with zero attached hydrogens (tertiary/aromatic N) is 6. The first-order chi connectivity index (χ1) is 9.85. The van der Waals surface area contributed by atoms with E-state index in [4.69, 9.17) is 5.26 Å². The van der Waals surface area contributed by atoms with E-state index in [-0.39, 0.29) is 0 Å². The highest BCUT2D eigenvalue weighted by Gasteiger charge is 1.97. The Labute approximate surface area is 114 Å². The normalized spacial score (nSPS) is 10.8. The lowest BCUT2D eigenvalue weighted by atomic mass is 10.2. The summed E-state index contributed by atoms with van der Waals surface area (Å²) in [7, 11) is 0. The first kappa shape index (κ1) is 11.8. The van der Waals surface area contributed by atoms with Crippen LogP contribution in [0.1, 0.15) is 11.1 Å². The fraction of sp³-hybridized carbons (Fsp3) is 0. The number of fused-ring (bicyclic) bond motifs is 1. The summed E-state index contributed by atoms with van der Waals surface area (Å²) in [6.07, 6.45) is 3.17. The molecule has 0 amide bonds. The third kappa shape index (κ3) is 2.44. The summed E-state index contributed by atoms with van der Waals surface area (Å²) in [4.78, 5) is 0. The SMILES string of the molecule is N#Cc1ccc(C=NNc2ccc3nncn3n2)cc1. The predicted octanol–water partition coefficient (Wildman–Crippen LogP) is 1.44. The van der Waals surface area contributed by atoms with Crippen molar-refractivity contribution in [1.82, 2.24) is 19.8 Å². The zero-order valence-corrected chi connectivity index (χ0v) is 10.3. The van der Waals surface area contributed by atoms with Gasteiger partial charge in [-0.15, -0.1) is 15.3 Å². The van der Waals surface area contributed by atoms with Gasteiger partial charge in [0.2, 0.25) is 0 Å². The summed E-state index contributed by atoms with van der Waals surface area (Å²) in [6.45, 7) is 0. The molecule has 2 aromatic heterocycles. The van der Waals surface area contributed by atoms with Crippen LogP contribution in [0, 0.1) is 11.3 Å². The van der Waals surface area contributed by atoms with Gasteiger partial charge in [0.25, 0.3) is 0 Å². The van der Waals surface area contributed by atoms with Crippen molar-refractivity contribution in [3.63, 3.8) is 0 Å². The molecule has 0 saturated carbocycles. The highest BCUT2D eigenvalue weighted by molar-refractivity contribution is 5.80. The van der Waals surface area contributed by atoms with E-state index in [9.17, 15) is 0 Å². The van der Waals surface area contributed by atoms with Crippen molar-refractivity contribution in [3.05, 3.63) is 53.9 Å². The Kier molecular flexibility index (Phi) is 3.04. The number of rotatable bonds is 3. The smallest absolute Gasteiger partial charge is 0.177 e. The van der Waals surface area contributed by atoms with E-state index < -0.39 is 0 Å². The maximum absolute atomic E-state index is 8.71. The monoisotopic (exact) mass is 263 g/mol. The second-order valence-electron chi connectivity index (χ2n) is 3.96. The number of benzene rings is 1. The molecule has 0 unspecified atom stereocenters. The molecule has 3 rings (SSSR count). The Morgan fingerprint density at radius 2 is 2.05 bits per heavy atom. The molecular formula is C13H9N7. The number of anilines is 1. The predicted molar refractivity (Wildman–Crippen MR) is 73.2 cm³/mol. The standard InChI is InChI=1S/C13H9N7/c14-7-10-1-3-11(4-2-10)8-15-17-12-5-6-13-18-16-9-20(13)19-12/h1-6,8-9H,(H,17,19). The molecule has 2 heterocycles. The van der Waals surface area contributed by atoms with E-state index in [1.165, 1.54) is 6.33 Å². The minimum Gasteiger partial charge on any atom is -0.260 e. The molecule has 0 fully saturated rings. The molecule has 1 aromatic carbocycles. The quantitative estimate of drug-likeness (QED) is 0.570. The number of hydrazone groups is 1. The van der Waals surface area contributed by atoms with Gasteiger partial charge in [0.1, 0.15) is 6.33 Å². The topological polar surface area (TPSA) is 91.3 Å². The maximum atomic E-state index is 8.71. The molecule has 3 aromatic rings. The van der Waals surface area contributed by atoms with Gasteiger partial charge in [-0.3, -0.25) is 5.43 Å². The molecule has 7 heteroatoms. The van der Waals surface area contributed by atoms with Gasteiger partial charge in [0.15, 0.2) is 11.5 Å². The number of aromatic nitrogens is 4. The average Bonchev–Trinajstić information content (AvgIpc) is 2.95. The van der Waals surface area contributed by atoms with Crippen LogP contribution in [0.15, 0.2) is 47.8 Å². The fourth-order valence-corrected chi connectivity index (χ4v) is 1.60. The van der Waals surface area contributed by atoms with Crippen molar-refractivity contribution >= 4 is 17.7 Å². The first-order valence-corrected chi connectivity index (χ1v) is 5.81. The molecule has 0 atom stereocenters. The van der Waals surface area contributed by atoms with Crippen LogP contribution in [0.4, 0.5) is 5.82 Å². The van der Waals surface area contributed by atoms with Crippen molar-refractivity contribution in [3.8, 4) is 6.07 Å². The van der Waals surface area contributed by atoms with Crippen molar-refractivity contribution in [1.29, 1.82) is 5.26 Å². The molecule has 0 saturated heterocycles. The van der Waals surface area contributed by atoms with Gasteiger partial charge in [-0.25, -0.2) is 0 Å². The lowest BCUT2D eigenvalue weighted by Crippen LogP contribution is -1.98. The van der Waals surface area contributed by atoms with E-state index in [0.717, 1.165) is 5.56 Å². The number of hydrogen-bond acceptors (Lipinski definition) is 6. The largest absolute Gasteiger partial charge is 0.260 e. The lowest BCUT2D eigenvalue weighted by molar-refractivity contribution is 0.925. The molecule has 0 bridgehead atoms. The summed E-state index contributed by atoms with van der Waals surface area (Å²) < 4.78 is 1.56. The Balaban J connectivity index is 1.71. The minimum absolute atomic E-state index is 0.585. The van der Waals surface area contributed by atoms with E-state index in [1.807, 2.05) is 12.1 Å². The molecule has 1 N–H and O–H groups in total. The third-order valence-electron chi connectivity index (χ3n) is 2.59. The lowest BCUT2D eigenvalue weighted by Gasteiger charge is -1.99. The van der Waals surface area contributed by atoms with Crippen LogP contribution >= 0.6 is 0 Å². The fourth-order valence-electron chi connectivity index (χ4n) is 1.60. The number of nitriles is 1. The summed E-state index contributed by atoms with van der Waals surface area (Å²) >= 11 is 0. The van der Waals surface area contributed by atoms with Crippen molar-refractivity contribution in [2.45, 2.75) is 0 Å². The summed E-state index contributed by atoms with van der Waals surface area (Å²) in [5, 5.41) is 24.6. The highest BCUT2D eigenvalue weighted by atomic mass is 15.4. The van der Waals surface area contributed by atoms with E-state index in [0.29, 0.717) is 17.0 Å². The van der Waals surface area contributed by atoms with Crippen molar-refractivity contribution in [2.24, 2.45) is 5.10 Å². The Morgan fingerprint density at radius 1 is 1.20 bits per heavy atom. The van der Waals surface area contributed by atoms with Gasteiger partial charge in [0.05, 0.1) is 17.8 Å². The average molecular weight is 263 g/mol. The molecule has 0 aliphatic carbocycles. The zero-order chi connectivity index (χ0) is 13.8. The Bertz CT molecular complexity index is 795. The van der Waals surface area contributed by atoms with Gasteiger partial charge >= 0.3 is 0 Å². The van der Waals surface area contributed by atoms with Gasteiger partial charge in [0, 0.05) is 0 Å². The molecule has 0 spiro atoms. The second kappa shape index (κ2) is 5.16. The summed E-state index contributed by atoms with van der Waals surface area (Å²) in [5.74, 6) is 0.585. The molecule has 0 radical (unpaired) electrons. The van der Waals surface area contributed by atoms with Crippen LogP contribution < -0.4 is 5.43 Å².